The summed E-state index contributed by atoms with van der Waals surface area (Å²) in [6, 6.07) is -5.40. The van der Waals surface area contributed by atoms with E-state index in [2.05, 4.69) is 89.1 Å². The molecule has 20 nitrogen and oxygen atoms in total. The minimum Gasteiger partial charge on any atom is -0.286 e. The normalized spacial score (nSPS) is 28.9. The van der Waals surface area contributed by atoms with Gasteiger partial charge in [-0.1, -0.05) is 451 Å². The Labute approximate surface area is 806 Å². The zero-order chi connectivity index (χ0) is 90.6. The predicted octanol–water partition coefficient (Wildman–Crippen LogP) is 23.2. The van der Waals surface area contributed by atoms with Crippen molar-refractivity contribution in [2.75, 3.05) is 23.0 Å². The van der Waals surface area contributed by atoms with Crippen LogP contribution in [-0.2, 0) is 57.2 Å². The number of unbranched alkanes of at least 4 members (excludes halogenated alkanes) is 60. The first-order valence-electron chi connectivity index (χ1n) is 56.5. The average Bonchev–Trinajstić information content (AvgIpc) is 1.62. The second-order valence-corrected chi connectivity index (χ2v) is 50.7. The second-order valence-electron chi connectivity index (χ2n) is 43.2. The van der Waals surface area contributed by atoms with Crippen molar-refractivity contribution in [3.05, 3.63) is 0 Å². The first-order chi connectivity index (χ1) is 62.4. The Bertz CT molecular complexity index is 3100. The van der Waals surface area contributed by atoms with Crippen molar-refractivity contribution in [3.8, 4) is 0 Å². The fraction of sp³-hybridized carbons (Fsp3) is 1.00. The maximum absolute atomic E-state index is 15.9. The van der Waals surface area contributed by atoms with E-state index >= 15 is 33.7 Å². The third-order valence-corrected chi connectivity index (χ3v) is 38.4. The van der Waals surface area contributed by atoms with Gasteiger partial charge in [0.25, 0.3) is 0 Å². The molecule has 0 aromatic heterocycles. The van der Waals surface area contributed by atoms with Crippen LogP contribution in [0.15, 0.2) is 0 Å². The number of hydrogen-bond donors (Lipinski definition) is 12. The number of rotatable bonds is 76. The fourth-order valence-electron chi connectivity index (χ4n) is 25.2. The Morgan fingerprint density at radius 1 is 0.178 bits per heavy atom. The van der Waals surface area contributed by atoms with Gasteiger partial charge in [-0.05, 0) is 99.7 Å². The van der Waals surface area contributed by atoms with Crippen LogP contribution < -0.4 is 61.4 Å². The van der Waals surface area contributed by atoms with Crippen LogP contribution in [-0.4, -0.2) is 130 Å². The van der Waals surface area contributed by atoms with Crippen LogP contribution in [0.1, 0.15) is 516 Å². The van der Waals surface area contributed by atoms with Gasteiger partial charge >= 0.3 is 17.1 Å². The van der Waals surface area contributed by atoms with Crippen molar-refractivity contribution >= 4 is 40.1 Å². The van der Waals surface area contributed by atoms with Gasteiger partial charge < -0.3 is 0 Å². The van der Waals surface area contributed by atoms with Gasteiger partial charge in [-0.2, -0.15) is 0 Å². The molecule has 0 spiro atoms. The maximum Gasteiger partial charge on any atom is 2.00 e. The molecule has 9 rings (SSSR count). The van der Waals surface area contributed by atoms with Crippen LogP contribution in [0.25, 0.3) is 0 Å². The molecule has 1 radical (unpaired) electrons. The van der Waals surface area contributed by atoms with Gasteiger partial charge in [0.05, 0.1) is 84.4 Å². The van der Waals surface area contributed by atoms with E-state index in [-0.39, 0.29) is 88.9 Å². The molecule has 20 unspecified atom stereocenters. The van der Waals surface area contributed by atoms with Gasteiger partial charge in [0.1, 0.15) is 0 Å². The third kappa shape index (κ3) is 43.1. The molecule has 5 heterocycles. The molecule has 5 aliphatic heterocycles. The van der Waals surface area contributed by atoms with Gasteiger partial charge in [0, 0.05) is 23.9 Å². The summed E-state index contributed by atoms with van der Waals surface area (Å²) < 4.78 is 140. The molecule has 4 saturated carbocycles. The van der Waals surface area contributed by atoms with E-state index in [1.807, 2.05) is 0 Å². The molecule has 9 fully saturated rings. The van der Waals surface area contributed by atoms with E-state index in [0.717, 1.165) is 141 Å². The van der Waals surface area contributed by atoms with Crippen LogP contribution in [0.2, 0.25) is 0 Å². The monoisotopic (exact) mass is 1940 g/mol. The smallest absolute Gasteiger partial charge is 0.286 e. The molecule has 20 atom stereocenters. The van der Waals surface area contributed by atoms with Crippen molar-refractivity contribution in [2.24, 2.45) is 47.3 Å². The Morgan fingerprint density at radius 2 is 0.302 bits per heavy atom. The summed E-state index contributed by atoms with van der Waals surface area (Å²) in [5.41, 5.74) is 0. The van der Waals surface area contributed by atoms with Crippen LogP contribution in [0.4, 0.5) is 0 Å². The molecule has 0 amide bonds. The summed E-state index contributed by atoms with van der Waals surface area (Å²) in [6.07, 6.45) is 85.1. The Morgan fingerprint density at radius 3 is 0.457 bits per heavy atom. The Balaban J connectivity index is 0.0000206. The zero-order valence-electron chi connectivity index (χ0n) is 83.3. The molecular formula is C104H204CuN12O8S4+2. The first-order valence-corrected chi connectivity index (χ1v) is 63.1. The summed E-state index contributed by atoms with van der Waals surface area (Å²) in [5.74, 6) is -0.581. The minimum absolute atomic E-state index is 0. The topological polar surface area (TPSA) is 281 Å². The van der Waals surface area contributed by atoms with Gasteiger partial charge in [0.15, 0.2) is 0 Å². The number of hydrogen-bond acceptors (Lipinski definition) is 16. The van der Waals surface area contributed by atoms with Gasteiger partial charge in [-0.15, -0.1) is 0 Å². The third-order valence-electron chi connectivity index (χ3n) is 32.6. The molecule has 9 aliphatic rings. The van der Waals surface area contributed by atoms with E-state index in [1.165, 1.54) is 308 Å². The molecule has 8 bridgehead atoms. The zero-order valence-corrected chi connectivity index (χ0v) is 87.5. The quantitative estimate of drug-likeness (QED) is 0.0199. The van der Waals surface area contributed by atoms with Crippen molar-refractivity contribution in [2.45, 2.75) is 589 Å². The van der Waals surface area contributed by atoms with Gasteiger partial charge in [0.2, 0.25) is 40.1 Å². The van der Waals surface area contributed by atoms with E-state index < -0.39 is 88.4 Å². The van der Waals surface area contributed by atoms with Crippen LogP contribution >= 0.6 is 0 Å². The molecule has 0 aromatic carbocycles. The van der Waals surface area contributed by atoms with E-state index in [9.17, 15) is 0 Å². The SMILES string of the molecule is CCCCCCCCCCCCCCCCCCS(=O)(=O)NC1C(NS(=O)(=O)CCCCCCCCCCCCCCCCCC)C(NS(=O)(=O)CCCCCCCCCCCCCCCCCC)C2C3NC4NC(NC5NC(NC6NC(NC(N3)C2C1NS(=O)(=O)CCCCCCCCCCCCCCCCCC)C1CCCCC61)C1CCCCC51)C1CCCCC41.[Cu+2]. The second kappa shape index (κ2) is 66.5. The molecule has 761 valence electrons. The molecular weight excluding hydrogens is 1740 g/mol. The summed E-state index contributed by atoms with van der Waals surface area (Å²) in [6.45, 7) is 9.10. The van der Waals surface area contributed by atoms with Crippen LogP contribution in [0, 0.1) is 47.3 Å². The molecule has 129 heavy (non-hydrogen) atoms. The number of nitrogens with one attached hydrogen (secondary N) is 12. The largest absolute Gasteiger partial charge is 2.00 e. The first kappa shape index (κ1) is 114. The summed E-state index contributed by atoms with van der Waals surface area (Å²) >= 11 is 0. The van der Waals surface area contributed by atoms with Gasteiger partial charge in [-0.3, -0.25) is 42.5 Å². The van der Waals surface area contributed by atoms with Gasteiger partial charge in [-0.25, -0.2) is 52.6 Å². The molecule has 5 saturated heterocycles. The summed E-state index contributed by atoms with van der Waals surface area (Å²) in [7, 11) is -17.2. The molecule has 0 aromatic rings. The van der Waals surface area contributed by atoms with Crippen molar-refractivity contribution in [1.82, 2.24) is 61.4 Å². The summed E-state index contributed by atoms with van der Waals surface area (Å²) in [5, 5.41) is 33.7. The molecule has 25 heteroatoms. The van der Waals surface area contributed by atoms with Crippen molar-refractivity contribution in [1.29, 1.82) is 0 Å². The number of sulfonamides is 4. The fourth-order valence-corrected chi connectivity index (χ4v) is 30.9. The van der Waals surface area contributed by atoms with Crippen LogP contribution in [0.5, 0.6) is 0 Å². The van der Waals surface area contributed by atoms with E-state index in [4.69, 9.17) is 0 Å². The molecule has 12 N–H and O–H groups in total. The standard InChI is InChI=1S/C104H204N12O8S4.Cu/c1-5-9-13-17-21-25-29-33-37-41-45-49-53-57-61-71-81-125(117,118)113-93-91-92(104-111-102-90-80-70-68-78-88(90)100(109-102)107-98-86-76-66-65-75-85(86)97(105-98)106-99-87-77-67-69-79-89(87)101(108-99)110-103(91)112-104)94(114-126(119,120)82-72-62-58-54-50-46-42-38-34-30-26-22-18-14-10-6-2)96(116-128(123,124)84-74-64-60-56-52-48-44-40-36-32-28-24-20-16-12-8-4)95(93)115-127(121,122)83-73-63-59-55-51-47-43-39-35-31-27-23-19-15-11-7-3;/h85-116H,5-84H2,1-4H3;/q;+2. The predicted molar refractivity (Wildman–Crippen MR) is 540 cm³/mol. The number of fused-ring (bicyclic) bond motifs is 20. The van der Waals surface area contributed by atoms with Crippen LogP contribution in [0.3, 0.4) is 0 Å². The van der Waals surface area contributed by atoms with Crippen molar-refractivity contribution in [3.63, 3.8) is 0 Å². The Kier molecular flexibility index (Phi) is 58.8. The van der Waals surface area contributed by atoms with E-state index in [0.29, 0.717) is 62.2 Å². The maximum atomic E-state index is 15.9. The Hall–Kier alpha value is -0.161. The minimum atomic E-state index is -4.33. The summed E-state index contributed by atoms with van der Waals surface area (Å²) in [4.78, 5) is 0. The van der Waals surface area contributed by atoms with E-state index in [1.54, 1.807) is 0 Å². The van der Waals surface area contributed by atoms with Crippen molar-refractivity contribution < 1.29 is 50.7 Å². The average molecular weight is 1940 g/mol. The molecule has 4 aliphatic carbocycles.